The van der Waals surface area contributed by atoms with Gasteiger partial charge in [-0.05, 0) is 26.7 Å². The smallest absolute Gasteiger partial charge is 0.189 e. The molecule has 1 rings (SSSR count). The van der Waals surface area contributed by atoms with Crippen LogP contribution in [0.15, 0.2) is 4.99 Å². The number of hydrogen-bond donors (Lipinski definition) is 2. The second kappa shape index (κ2) is 5.07. The Bertz CT molecular complexity index is 174. The lowest BCUT2D eigenvalue weighted by Gasteiger charge is -2.19. The number of nitrogens with zero attached hydrogens (tertiary/aromatic N) is 1. The second-order valence-electron chi connectivity index (χ2n) is 3.66. The van der Waals surface area contributed by atoms with Gasteiger partial charge in [0.25, 0.3) is 0 Å². The molecule has 1 aliphatic rings. The Balaban J connectivity index is 2.34. The maximum atomic E-state index is 5.70. The summed E-state index contributed by atoms with van der Waals surface area (Å²) in [6, 6.07) is 0.698. The van der Waals surface area contributed by atoms with Crippen LogP contribution in [0.5, 0.6) is 0 Å². The van der Waals surface area contributed by atoms with Crippen molar-refractivity contribution in [1.29, 1.82) is 0 Å². The predicted molar refractivity (Wildman–Crippen MR) is 53.7 cm³/mol. The maximum Gasteiger partial charge on any atom is 0.189 e. The van der Waals surface area contributed by atoms with E-state index in [0.717, 1.165) is 26.1 Å². The normalized spacial score (nSPS) is 20.7. The first-order valence-corrected chi connectivity index (χ1v) is 4.86. The zero-order valence-electron chi connectivity index (χ0n) is 8.42. The Morgan fingerprint density at radius 3 is 2.62 bits per heavy atom. The second-order valence-corrected chi connectivity index (χ2v) is 3.66. The first kappa shape index (κ1) is 10.3. The highest BCUT2D eigenvalue weighted by Crippen LogP contribution is 2.09. The van der Waals surface area contributed by atoms with Crippen LogP contribution in [0.4, 0.5) is 0 Å². The molecule has 1 aliphatic heterocycles. The molecule has 0 aromatic carbocycles. The van der Waals surface area contributed by atoms with Crippen LogP contribution in [0.2, 0.25) is 0 Å². The molecule has 0 bridgehead atoms. The molecule has 0 amide bonds. The van der Waals surface area contributed by atoms with Crippen molar-refractivity contribution in [1.82, 2.24) is 5.32 Å². The third-order valence-corrected chi connectivity index (χ3v) is 1.95. The Morgan fingerprint density at radius 1 is 1.46 bits per heavy atom. The van der Waals surface area contributed by atoms with Gasteiger partial charge in [0.05, 0.1) is 6.04 Å². The summed E-state index contributed by atoms with van der Waals surface area (Å²) in [4.78, 5) is 4.38. The lowest BCUT2D eigenvalue weighted by Crippen LogP contribution is -2.38. The van der Waals surface area contributed by atoms with Gasteiger partial charge >= 0.3 is 0 Å². The van der Waals surface area contributed by atoms with E-state index >= 15 is 0 Å². The SMILES string of the molecule is CC(C)NC(N)=NC1CCOCC1. The van der Waals surface area contributed by atoms with Gasteiger partial charge in [0, 0.05) is 19.3 Å². The zero-order valence-corrected chi connectivity index (χ0v) is 8.42. The molecule has 4 heteroatoms. The van der Waals surface area contributed by atoms with Crippen LogP contribution in [-0.2, 0) is 4.74 Å². The molecule has 1 heterocycles. The molecule has 1 saturated heterocycles. The number of aliphatic imine (C=N–C) groups is 1. The summed E-state index contributed by atoms with van der Waals surface area (Å²) in [5.41, 5.74) is 5.70. The molecule has 0 aliphatic carbocycles. The van der Waals surface area contributed by atoms with Crippen molar-refractivity contribution >= 4 is 5.96 Å². The van der Waals surface area contributed by atoms with E-state index in [1.807, 2.05) is 13.8 Å². The van der Waals surface area contributed by atoms with Crippen molar-refractivity contribution in [2.24, 2.45) is 10.7 Å². The highest BCUT2D eigenvalue weighted by atomic mass is 16.5. The highest BCUT2D eigenvalue weighted by Gasteiger charge is 2.12. The van der Waals surface area contributed by atoms with Gasteiger partial charge in [-0.25, -0.2) is 4.99 Å². The minimum atomic E-state index is 0.347. The first-order valence-electron chi connectivity index (χ1n) is 4.86. The summed E-state index contributed by atoms with van der Waals surface area (Å²) in [5, 5.41) is 3.08. The lowest BCUT2D eigenvalue weighted by molar-refractivity contribution is 0.0870. The molecule has 0 atom stereocenters. The fraction of sp³-hybridized carbons (Fsp3) is 0.889. The van der Waals surface area contributed by atoms with Gasteiger partial charge in [-0.3, -0.25) is 0 Å². The van der Waals surface area contributed by atoms with E-state index in [2.05, 4.69) is 10.3 Å². The van der Waals surface area contributed by atoms with Crippen LogP contribution in [0.25, 0.3) is 0 Å². The van der Waals surface area contributed by atoms with Gasteiger partial charge in [0.2, 0.25) is 0 Å². The third kappa shape index (κ3) is 4.12. The summed E-state index contributed by atoms with van der Waals surface area (Å²) in [6.07, 6.45) is 1.97. The van der Waals surface area contributed by atoms with Crippen LogP contribution in [0, 0.1) is 0 Å². The molecule has 0 spiro atoms. The predicted octanol–water partition coefficient (Wildman–Crippen LogP) is 0.478. The number of ether oxygens (including phenoxy) is 1. The van der Waals surface area contributed by atoms with Crippen molar-refractivity contribution in [3.05, 3.63) is 0 Å². The molecule has 3 N–H and O–H groups in total. The monoisotopic (exact) mass is 185 g/mol. The topological polar surface area (TPSA) is 59.6 Å². The van der Waals surface area contributed by atoms with E-state index < -0.39 is 0 Å². The average Bonchev–Trinajstić information content (AvgIpc) is 2.04. The number of guanidine groups is 1. The van der Waals surface area contributed by atoms with Crippen molar-refractivity contribution in [3.63, 3.8) is 0 Å². The summed E-state index contributed by atoms with van der Waals surface area (Å²) in [5.74, 6) is 0.557. The van der Waals surface area contributed by atoms with E-state index in [-0.39, 0.29) is 0 Å². The van der Waals surface area contributed by atoms with Gasteiger partial charge in [-0.15, -0.1) is 0 Å². The molecule has 13 heavy (non-hydrogen) atoms. The third-order valence-electron chi connectivity index (χ3n) is 1.95. The van der Waals surface area contributed by atoms with Crippen LogP contribution in [-0.4, -0.2) is 31.3 Å². The largest absolute Gasteiger partial charge is 0.381 e. The molecular formula is C9H19N3O. The van der Waals surface area contributed by atoms with Crippen LogP contribution >= 0.6 is 0 Å². The lowest BCUT2D eigenvalue weighted by atomic mass is 10.1. The fourth-order valence-electron chi connectivity index (χ4n) is 1.34. The quantitative estimate of drug-likeness (QED) is 0.486. The van der Waals surface area contributed by atoms with Gasteiger partial charge in [0.1, 0.15) is 0 Å². The number of hydrogen-bond acceptors (Lipinski definition) is 2. The molecular weight excluding hydrogens is 166 g/mol. The Morgan fingerprint density at radius 2 is 2.08 bits per heavy atom. The van der Waals surface area contributed by atoms with Crippen molar-refractivity contribution in [2.45, 2.75) is 38.8 Å². The Kier molecular flexibility index (Phi) is 4.02. The molecule has 1 fully saturated rings. The number of nitrogens with two attached hydrogens (primary N) is 1. The van der Waals surface area contributed by atoms with Gasteiger partial charge < -0.3 is 15.8 Å². The van der Waals surface area contributed by atoms with Gasteiger partial charge in [-0.1, -0.05) is 0 Å². The maximum absolute atomic E-state index is 5.70. The zero-order chi connectivity index (χ0) is 9.68. The molecule has 0 unspecified atom stereocenters. The van der Waals surface area contributed by atoms with E-state index in [0.29, 0.717) is 18.0 Å². The van der Waals surface area contributed by atoms with Crippen molar-refractivity contribution in [3.8, 4) is 0 Å². The van der Waals surface area contributed by atoms with Crippen molar-refractivity contribution in [2.75, 3.05) is 13.2 Å². The fourth-order valence-corrected chi connectivity index (χ4v) is 1.34. The average molecular weight is 185 g/mol. The van der Waals surface area contributed by atoms with Crippen molar-refractivity contribution < 1.29 is 4.74 Å². The Labute approximate surface area is 79.6 Å². The number of nitrogens with one attached hydrogen (secondary N) is 1. The molecule has 0 aromatic rings. The summed E-state index contributed by atoms with van der Waals surface area (Å²) >= 11 is 0. The summed E-state index contributed by atoms with van der Waals surface area (Å²) in [7, 11) is 0. The van der Waals surface area contributed by atoms with E-state index in [9.17, 15) is 0 Å². The molecule has 76 valence electrons. The van der Waals surface area contributed by atoms with Crippen LogP contribution < -0.4 is 11.1 Å². The summed E-state index contributed by atoms with van der Waals surface area (Å²) < 4.78 is 5.23. The minimum Gasteiger partial charge on any atom is -0.381 e. The van der Waals surface area contributed by atoms with Gasteiger partial charge in [0.15, 0.2) is 5.96 Å². The van der Waals surface area contributed by atoms with Gasteiger partial charge in [-0.2, -0.15) is 0 Å². The first-order chi connectivity index (χ1) is 6.18. The van der Waals surface area contributed by atoms with Crippen LogP contribution in [0.3, 0.4) is 0 Å². The van der Waals surface area contributed by atoms with E-state index in [1.54, 1.807) is 0 Å². The highest BCUT2D eigenvalue weighted by molar-refractivity contribution is 5.78. The molecule has 0 aromatic heterocycles. The van der Waals surface area contributed by atoms with E-state index in [4.69, 9.17) is 10.5 Å². The molecule has 0 saturated carbocycles. The minimum absolute atomic E-state index is 0.347. The molecule has 4 nitrogen and oxygen atoms in total. The standard InChI is InChI=1S/C9H19N3O/c1-7(2)11-9(10)12-8-3-5-13-6-4-8/h7-8H,3-6H2,1-2H3,(H3,10,11,12). The summed E-state index contributed by atoms with van der Waals surface area (Å²) in [6.45, 7) is 5.71. The number of rotatable bonds is 2. The molecule has 0 radical (unpaired) electrons. The van der Waals surface area contributed by atoms with E-state index in [1.165, 1.54) is 0 Å². The Hall–Kier alpha value is -0.770. The van der Waals surface area contributed by atoms with Crippen LogP contribution in [0.1, 0.15) is 26.7 Å².